The Morgan fingerprint density at radius 1 is 1.46 bits per heavy atom. The largest absolute Gasteiger partial charge is 0.396 e. The molecule has 0 aromatic carbocycles. The maximum atomic E-state index is 8.51. The van der Waals surface area contributed by atoms with Gasteiger partial charge in [0.25, 0.3) is 0 Å². The summed E-state index contributed by atoms with van der Waals surface area (Å²) in [6.07, 6.45) is 4.41. The molecular formula is C9H15ClN2O. The minimum atomic E-state index is 0. The number of hydrogen-bond acceptors (Lipinski definition) is 3. The summed E-state index contributed by atoms with van der Waals surface area (Å²) < 4.78 is 0. The average Bonchev–Trinajstić information content (AvgIpc) is 2.14. The lowest BCUT2D eigenvalue weighted by Crippen LogP contribution is -2.15. The first-order valence-corrected chi connectivity index (χ1v) is 4.14. The molecule has 0 atom stereocenters. The standard InChI is InChI=1S/C9H14N2O.ClH/c12-6-2-5-11-8-9-3-1-4-10-7-9;/h1,3-4,7,11-12H,2,5-6,8H2;1H. The number of nitrogens with one attached hydrogen (secondary N) is 1. The van der Waals surface area contributed by atoms with Gasteiger partial charge in [0.05, 0.1) is 0 Å². The fourth-order valence-electron chi connectivity index (χ4n) is 0.939. The number of aliphatic hydroxyl groups is 1. The molecule has 4 heteroatoms. The van der Waals surface area contributed by atoms with Crippen LogP contribution in [0.25, 0.3) is 0 Å². The lowest BCUT2D eigenvalue weighted by molar-refractivity contribution is 0.286. The van der Waals surface area contributed by atoms with Crippen LogP contribution in [-0.2, 0) is 6.54 Å². The van der Waals surface area contributed by atoms with Crippen LogP contribution in [0.5, 0.6) is 0 Å². The smallest absolute Gasteiger partial charge is 0.0443 e. The van der Waals surface area contributed by atoms with Crippen LogP contribution in [0.3, 0.4) is 0 Å². The highest BCUT2D eigenvalue weighted by atomic mass is 35.5. The molecule has 3 nitrogen and oxygen atoms in total. The SMILES string of the molecule is Cl.OCCCNCc1cccnc1. The molecule has 0 fully saturated rings. The predicted molar refractivity (Wildman–Crippen MR) is 54.9 cm³/mol. The van der Waals surface area contributed by atoms with Crippen molar-refractivity contribution in [1.82, 2.24) is 10.3 Å². The van der Waals surface area contributed by atoms with Gasteiger partial charge in [-0.1, -0.05) is 6.07 Å². The highest BCUT2D eigenvalue weighted by Crippen LogP contribution is 1.93. The molecule has 0 amide bonds. The Hall–Kier alpha value is -0.640. The molecule has 0 spiro atoms. The van der Waals surface area contributed by atoms with Gasteiger partial charge in [-0.2, -0.15) is 0 Å². The van der Waals surface area contributed by atoms with Crippen molar-refractivity contribution in [2.75, 3.05) is 13.2 Å². The summed E-state index contributed by atoms with van der Waals surface area (Å²) in [6.45, 7) is 1.93. The number of aliphatic hydroxyl groups excluding tert-OH is 1. The number of halogens is 1. The molecule has 0 bridgehead atoms. The molecule has 1 aromatic heterocycles. The van der Waals surface area contributed by atoms with Crippen LogP contribution in [0.1, 0.15) is 12.0 Å². The van der Waals surface area contributed by atoms with Gasteiger partial charge in [0.1, 0.15) is 0 Å². The van der Waals surface area contributed by atoms with Gasteiger partial charge in [-0.05, 0) is 24.6 Å². The van der Waals surface area contributed by atoms with Crippen LogP contribution in [0.15, 0.2) is 24.5 Å². The van der Waals surface area contributed by atoms with Gasteiger partial charge in [-0.25, -0.2) is 0 Å². The van der Waals surface area contributed by atoms with Gasteiger partial charge in [-0.3, -0.25) is 4.98 Å². The molecular weight excluding hydrogens is 188 g/mol. The number of aromatic nitrogens is 1. The molecule has 1 rings (SSSR count). The van der Waals surface area contributed by atoms with Crippen LogP contribution < -0.4 is 5.32 Å². The zero-order valence-electron chi connectivity index (χ0n) is 7.44. The Labute approximate surface area is 84.6 Å². The Morgan fingerprint density at radius 2 is 2.31 bits per heavy atom. The predicted octanol–water partition coefficient (Wildman–Crippen LogP) is 0.975. The van der Waals surface area contributed by atoms with Gasteiger partial charge in [0, 0.05) is 25.5 Å². The van der Waals surface area contributed by atoms with Crippen molar-refractivity contribution in [3.8, 4) is 0 Å². The highest BCUT2D eigenvalue weighted by molar-refractivity contribution is 5.85. The molecule has 0 saturated heterocycles. The van der Waals surface area contributed by atoms with Crippen molar-refractivity contribution in [2.24, 2.45) is 0 Å². The van der Waals surface area contributed by atoms with E-state index >= 15 is 0 Å². The molecule has 0 radical (unpaired) electrons. The molecule has 0 unspecified atom stereocenters. The van der Waals surface area contributed by atoms with E-state index in [1.165, 1.54) is 5.56 Å². The van der Waals surface area contributed by atoms with E-state index < -0.39 is 0 Å². The molecule has 0 aliphatic carbocycles. The Balaban J connectivity index is 0.00000144. The van der Waals surface area contributed by atoms with Gasteiger partial charge in [0.15, 0.2) is 0 Å². The Kier molecular flexibility index (Phi) is 7.59. The summed E-state index contributed by atoms with van der Waals surface area (Å²) in [5.74, 6) is 0. The summed E-state index contributed by atoms with van der Waals surface area (Å²) in [4.78, 5) is 3.99. The molecule has 74 valence electrons. The van der Waals surface area contributed by atoms with Crippen molar-refractivity contribution < 1.29 is 5.11 Å². The van der Waals surface area contributed by atoms with Gasteiger partial charge in [0.2, 0.25) is 0 Å². The number of rotatable bonds is 5. The van der Waals surface area contributed by atoms with Crippen LogP contribution >= 0.6 is 12.4 Å². The van der Waals surface area contributed by atoms with Crippen molar-refractivity contribution in [3.05, 3.63) is 30.1 Å². The van der Waals surface area contributed by atoms with Crippen molar-refractivity contribution in [3.63, 3.8) is 0 Å². The molecule has 0 saturated carbocycles. The first-order valence-electron chi connectivity index (χ1n) is 4.14. The Morgan fingerprint density at radius 3 is 2.92 bits per heavy atom. The van der Waals surface area contributed by atoms with Gasteiger partial charge < -0.3 is 10.4 Å². The monoisotopic (exact) mass is 202 g/mol. The number of nitrogens with zero attached hydrogens (tertiary/aromatic N) is 1. The van der Waals surface area contributed by atoms with E-state index in [2.05, 4.69) is 10.3 Å². The van der Waals surface area contributed by atoms with Crippen molar-refractivity contribution in [2.45, 2.75) is 13.0 Å². The van der Waals surface area contributed by atoms with E-state index in [0.29, 0.717) is 0 Å². The molecule has 0 aliphatic rings. The molecule has 13 heavy (non-hydrogen) atoms. The maximum Gasteiger partial charge on any atom is 0.0443 e. The topological polar surface area (TPSA) is 45.1 Å². The van der Waals surface area contributed by atoms with Gasteiger partial charge >= 0.3 is 0 Å². The number of hydrogen-bond donors (Lipinski definition) is 2. The summed E-state index contributed by atoms with van der Waals surface area (Å²) in [5.41, 5.74) is 1.18. The molecule has 2 N–H and O–H groups in total. The quantitative estimate of drug-likeness (QED) is 0.700. The van der Waals surface area contributed by atoms with Crippen molar-refractivity contribution in [1.29, 1.82) is 0 Å². The summed E-state index contributed by atoms with van der Waals surface area (Å²) in [7, 11) is 0. The normalized spacial score (nSPS) is 9.31. The number of pyridine rings is 1. The van der Waals surface area contributed by atoms with Crippen LogP contribution in [-0.4, -0.2) is 23.2 Å². The molecule has 1 heterocycles. The maximum absolute atomic E-state index is 8.51. The first-order chi connectivity index (χ1) is 5.93. The summed E-state index contributed by atoms with van der Waals surface area (Å²) in [5, 5.41) is 11.7. The van der Waals surface area contributed by atoms with E-state index in [4.69, 9.17) is 5.11 Å². The van der Waals surface area contributed by atoms with E-state index in [0.717, 1.165) is 19.5 Å². The first kappa shape index (κ1) is 12.4. The third-order valence-electron chi connectivity index (χ3n) is 1.56. The molecule has 1 aromatic rings. The minimum Gasteiger partial charge on any atom is -0.396 e. The van der Waals surface area contributed by atoms with E-state index in [1.54, 1.807) is 6.20 Å². The van der Waals surface area contributed by atoms with Crippen LogP contribution in [0, 0.1) is 0 Å². The third-order valence-corrected chi connectivity index (χ3v) is 1.56. The second-order valence-corrected chi connectivity index (χ2v) is 2.62. The van der Waals surface area contributed by atoms with Crippen LogP contribution in [0.4, 0.5) is 0 Å². The lowest BCUT2D eigenvalue weighted by Gasteiger charge is -2.01. The summed E-state index contributed by atoms with van der Waals surface area (Å²) in [6, 6.07) is 3.95. The fraction of sp³-hybridized carbons (Fsp3) is 0.444. The zero-order chi connectivity index (χ0) is 8.65. The van der Waals surface area contributed by atoms with E-state index in [9.17, 15) is 0 Å². The van der Waals surface area contributed by atoms with E-state index in [1.807, 2.05) is 18.3 Å². The lowest BCUT2D eigenvalue weighted by atomic mass is 10.3. The second-order valence-electron chi connectivity index (χ2n) is 2.62. The zero-order valence-corrected chi connectivity index (χ0v) is 8.26. The van der Waals surface area contributed by atoms with Crippen molar-refractivity contribution >= 4 is 12.4 Å². The van der Waals surface area contributed by atoms with Crippen LogP contribution in [0.2, 0.25) is 0 Å². The third kappa shape index (κ3) is 5.58. The summed E-state index contributed by atoms with van der Waals surface area (Å²) >= 11 is 0. The minimum absolute atomic E-state index is 0. The van der Waals surface area contributed by atoms with E-state index in [-0.39, 0.29) is 19.0 Å². The second kappa shape index (κ2) is 7.98. The fourth-order valence-corrected chi connectivity index (χ4v) is 0.939. The Bertz CT molecular complexity index is 206. The molecule has 0 aliphatic heterocycles. The average molecular weight is 203 g/mol. The van der Waals surface area contributed by atoms with Gasteiger partial charge in [-0.15, -0.1) is 12.4 Å². The highest BCUT2D eigenvalue weighted by Gasteiger charge is 1.89.